The Hall–Kier alpha value is -2.27. The predicted molar refractivity (Wildman–Crippen MR) is 77.3 cm³/mol. The summed E-state index contributed by atoms with van der Waals surface area (Å²) in [4.78, 5) is 14.9. The monoisotopic (exact) mass is 271 g/mol. The van der Waals surface area contributed by atoms with Gasteiger partial charge in [0.2, 0.25) is 0 Å². The van der Waals surface area contributed by atoms with Crippen LogP contribution in [0.4, 0.5) is 5.69 Å². The molecule has 1 atom stereocenters. The molecule has 0 fully saturated rings. The predicted octanol–water partition coefficient (Wildman–Crippen LogP) is 3.15. The van der Waals surface area contributed by atoms with E-state index in [0.717, 1.165) is 11.3 Å². The summed E-state index contributed by atoms with van der Waals surface area (Å²) in [5.41, 5.74) is 2.76. The summed E-state index contributed by atoms with van der Waals surface area (Å²) in [6.45, 7) is 4.38. The first kappa shape index (κ1) is 14.1. The third kappa shape index (κ3) is 3.19. The van der Waals surface area contributed by atoms with E-state index in [1.165, 1.54) is 6.07 Å². The quantitative estimate of drug-likeness (QED) is 0.670. The molecule has 1 N–H and O–H groups in total. The Morgan fingerprint density at radius 1 is 1.30 bits per heavy atom. The second-order valence-electron chi connectivity index (χ2n) is 4.68. The van der Waals surface area contributed by atoms with Gasteiger partial charge in [-0.3, -0.25) is 15.1 Å². The molecule has 0 radical (unpaired) electrons. The molecule has 1 aromatic carbocycles. The van der Waals surface area contributed by atoms with Crippen LogP contribution in [-0.2, 0) is 6.54 Å². The molecular weight excluding hydrogens is 254 g/mol. The summed E-state index contributed by atoms with van der Waals surface area (Å²) in [5, 5.41) is 14.2. The average molecular weight is 271 g/mol. The highest BCUT2D eigenvalue weighted by molar-refractivity contribution is 5.44. The van der Waals surface area contributed by atoms with Gasteiger partial charge in [-0.25, -0.2) is 0 Å². The highest BCUT2D eigenvalue weighted by Crippen LogP contribution is 2.21. The molecule has 104 valence electrons. The lowest BCUT2D eigenvalue weighted by molar-refractivity contribution is -0.385. The normalized spacial score (nSPS) is 12.1. The van der Waals surface area contributed by atoms with Crippen LogP contribution in [-0.4, -0.2) is 9.91 Å². The van der Waals surface area contributed by atoms with E-state index in [2.05, 4.69) is 10.3 Å². The Morgan fingerprint density at radius 3 is 2.75 bits per heavy atom. The van der Waals surface area contributed by atoms with Crippen LogP contribution in [0.25, 0.3) is 0 Å². The van der Waals surface area contributed by atoms with Crippen molar-refractivity contribution in [2.75, 3.05) is 0 Å². The Kier molecular flexibility index (Phi) is 4.42. The van der Waals surface area contributed by atoms with Crippen molar-refractivity contribution in [3.63, 3.8) is 0 Å². The summed E-state index contributed by atoms with van der Waals surface area (Å²) < 4.78 is 0. The number of hydrogen-bond donors (Lipinski definition) is 1. The lowest BCUT2D eigenvalue weighted by atomic mass is 10.1. The molecule has 2 aromatic rings. The molecule has 0 saturated carbocycles. The van der Waals surface area contributed by atoms with Crippen molar-refractivity contribution in [2.24, 2.45) is 0 Å². The van der Waals surface area contributed by atoms with Gasteiger partial charge in [0.1, 0.15) is 0 Å². The first-order chi connectivity index (χ1) is 9.59. The number of nitro benzene ring substituents is 1. The summed E-state index contributed by atoms with van der Waals surface area (Å²) in [5.74, 6) is 0. The highest BCUT2D eigenvalue weighted by Gasteiger charge is 2.13. The first-order valence-corrected chi connectivity index (χ1v) is 6.47. The zero-order chi connectivity index (χ0) is 14.5. The molecule has 0 aliphatic rings. The number of benzene rings is 1. The second-order valence-corrected chi connectivity index (χ2v) is 4.68. The summed E-state index contributed by atoms with van der Waals surface area (Å²) >= 11 is 0. The summed E-state index contributed by atoms with van der Waals surface area (Å²) in [7, 11) is 0. The Bertz CT molecular complexity index is 599. The van der Waals surface area contributed by atoms with Gasteiger partial charge in [0.15, 0.2) is 0 Å². The van der Waals surface area contributed by atoms with Gasteiger partial charge in [-0.15, -0.1) is 0 Å². The van der Waals surface area contributed by atoms with Crippen molar-refractivity contribution in [1.29, 1.82) is 0 Å². The van der Waals surface area contributed by atoms with Crippen molar-refractivity contribution in [1.82, 2.24) is 10.3 Å². The van der Waals surface area contributed by atoms with E-state index >= 15 is 0 Å². The van der Waals surface area contributed by atoms with Crippen molar-refractivity contribution in [3.05, 3.63) is 69.5 Å². The summed E-state index contributed by atoms with van der Waals surface area (Å²) in [6, 6.07) is 11.0. The Labute approximate surface area is 117 Å². The molecule has 0 aliphatic carbocycles. The molecule has 0 saturated heterocycles. The largest absolute Gasteiger partial charge is 0.305 e. The van der Waals surface area contributed by atoms with Crippen molar-refractivity contribution in [3.8, 4) is 0 Å². The van der Waals surface area contributed by atoms with Gasteiger partial charge >= 0.3 is 0 Å². The van der Waals surface area contributed by atoms with Crippen molar-refractivity contribution in [2.45, 2.75) is 26.4 Å². The number of aromatic nitrogens is 1. The smallest absolute Gasteiger partial charge is 0.272 e. The SMILES string of the molecule is Cc1c(CN[C@H](C)c2ccccn2)cccc1[N+](=O)[O-]. The van der Waals surface area contributed by atoms with Gasteiger partial charge in [0.05, 0.1) is 10.6 Å². The molecule has 5 nitrogen and oxygen atoms in total. The van der Waals surface area contributed by atoms with Crippen molar-refractivity contribution >= 4 is 5.69 Å². The van der Waals surface area contributed by atoms with E-state index in [4.69, 9.17) is 0 Å². The van der Waals surface area contributed by atoms with E-state index in [-0.39, 0.29) is 16.7 Å². The van der Waals surface area contributed by atoms with Gasteiger partial charge in [0, 0.05) is 30.4 Å². The zero-order valence-electron chi connectivity index (χ0n) is 11.5. The fraction of sp³-hybridized carbons (Fsp3) is 0.267. The minimum Gasteiger partial charge on any atom is -0.305 e. The number of hydrogen-bond acceptors (Lipinski definition) is 4. The number of pyridine rings is 1. The van der Waals surface area contributed by atoms with Crippen LogP contribution in [0.1, 0.15) is 29.8 Å². The Morgan fingerprint density at radius 2 is 2.10 bits per heavy atom. The average Bonchev–Trinajstić information content (AvgIpc) is 2.46. The second kappa shape index (κ2) is 6.25. The third-order valence-corrected chi connectivity index (χ3v) is 3.34. The van der Waals surface area contributed by atoms with Gasteiger partial charge in [0.25, 0.3) is 5.69 Å². The molecule has 0 bridgehead atoms. The molecule has 5 heteroatoms. The van der Waals surface area contributed by atoms with Crippen LogP contribution in [0.3, 0.4) is 0 Å². The van der Waals surface area contributed by atoms with Gasteiger partial charge in [-0.1, -0.05) is 18.2 Å². The van der Waals surface area contributed by atoms with Crippen LogP contribution >= 0.6 is 0 Å². The zero-order valence-corrected chi connectivity index (χ0v) is 11.5. The van der Waals surface area contributed by atoms with Crippen molar-refractivity contribution < 1.29 is 4.92 Å². The Balaban J connectivity index is 2.08. The minimum atomic E-state index is -0.346. The van der Waals surface area contributed by atoms with E-state index in [9.17, 15) is 10.1 Å². The number of rotatable bonds is 5. The first-order valence-electron chi connectivity index (χ1n) is 6.47. The van der Waals surface area contributed by atoms with Gasteiger partial charge < -0.3 is 5.32 Å². The molecule has 1 heterocycles. The van der Waals surface area contributed by atoms with Crippen LogP contribution < -0.4 is 5.32 Å². The van der Waals surface area contributed by atoms with E-state index in [1.807, 2.05) is 31.2 Å². The lowest BCUT2D eigenvalue weighted by Crippen LogP contribution is -2.19. The summed E-state index contributed by atoms with van der Waals surface area (Å²) in [6.07, 6.45) is 1.76. The maximum absolute atomic E-state index is 10.9. The van der Waals surface area contributed by atoms with Crippen LogP contribution in [0, 0.1) is 17.0 Å². The van der Waals surface area contributed by atoms with Gasteiger partial charge in [-0.05, 0) is 31.5 Å². The number of nitro groups is 1. The third-order valence-electron chi connectivity index (χ3n) is 3.34. The highest BCUT2D eigenvalue weighted by atomic mass is 16.6. The molecule has 0 aliphatic heterocycles. The molecule has 0 amide bonds. The topological polar surface area (TPSA) is 68.1 Å². The van der Waals surface area contributed by atoms with Crippen LogP contribution in [0.2, 0.25) is 0 Å². The number of nitrogens with zero attached hydrogens (tertiary/aromatic N) is 2. The molecule has 0 unspecified atom stereocenters. The lowest BCUT2D eigenvalue weighted by Gasteiger charge is -2.14. The number of nitrogens with one attached hydrogen (secondary N) is 1. The van der Waals surface area contributed by atoms with Crippen LogP contribution in [0.15, 0.2) is 42.6 Å². The van der Waals surface area contributed by atoms with E-state index in [1.54, 1.807) is 19.2 Å². The molecule has 2 rings (SSSR count). The molecule has 0 spiro atoms. The van der Waals surface area contributed by atoms with Crippen LogP contribution in [0.5, 0.6) is 0 Å². The molecule has 20 heavy (non-hydrogen) atoms. The molecule has 1 aromatic heterocycles. The van der Waals surface area contributed by atoms with Gasteiger partial charge in [-0.2, -0.15) is 0 Å². The van der Waals surface area contributed by atoms with E-state index in [0.29, 0.717) is 12.1 Å². The molecular formula is C15H17N3O2. The standard InChI is InChI=1S/C15H17N3O2/c1-11-13(6-5-8-15(11)18(19)20)10-17-12(2)14-7-3-4-9-16-14/h3-9,12,17H,10H2,1-2H3/t12-/m1/s1. The fourth-order valence-corrected chi connectivity index (χ4v) is 2.06. The maximum Gasteiger partial charge on any atom is 0.272 e. The fourth-order valence-electron chi connectivity index (χ4n) is 2.06. The minimum absolute atomic E-state index is 0.0925. The maximum atomic E-state index is 10.9. The van der Waals surface area contributed by atoms with E-state index < -0.39 is 0 Å².